The summed E-state index contributed by atoms with van der Waals surface area (Å²) in [4.78, 5) is 10.8. The Bertz CT molecular complexity index is 841. The highest BCUT2D eigenvalue weighted by Gasteiger charge is 2.35. The summed E-state index contributed by atoms with van der Waals surface area (Å²) in [6, 6.07) is 7.72. The number of nitrogens with one attached hydrogen (secondary N) is 1. The van der Waals surface area contributed by atoms with E-state index < -0.39 is 9.84 Å². The van der Waals surface area contributed by atoms with Gasteiger partial charge in [0.1, 0.15) is 5.82 Å². The standard InChI is InChI=1S/C18H23N3O3S/c1-25(22,23)15-7-5-13(6-8-15)16-11-19-18(20-16)17-12-24-10-9-21(17)14-3-2-4-14/h5-8,11,14,17H,2-4,9-10,12H2,1H3,(H,19,20)/t17-/m0/s1. The molecule has 0 radical (unpaired) electrons. The molecule has 1 aromatic carbocycles. The molecule has 0 spiro atoms. The van der Waals surface area contributed by atoms with Crippen LogP contribution >= 0.6 is 0 Å². The lowest BCUT2D eigenvalue weighted by Gasteiger charge is -2.44. The van der Waals surface area contributed by atoms with Crippen LogP contribution in [0.15, 0.2) is 35.4 Å². The van der Waals surface area contributed by atoms with Crippen LogP contribution in [0.2, 0.25) is 0 Å². The Kier molecular flexibility index (Phi) is 4.39. The molecule has 25 heavy (non-hydrogen) atoms. The zero-order chi connectivity index (χ0) is 17.4. The minimum Gasteiger partial charge on any atom is -0.378 e. The Morgan fingerprint density at radius 2 is 2.00 bits per heavy atom. The third-order valence-electron chi connectivity index (χ3n) is 5.22. The van der Waals surface area contributed by atoms with Gasteiger partial charge in [-0.05, 0) is 30.5 Å². The number of sulfone groups is 1. The third-order valence-corrected chi connectivity index (χ3v) is 6.35. The van der Waals surface area contributed by atoms with E-state index in [1.807, 2.05) is 18.3 Å². The summed E-state index contributed by atoms with van der Waals surface area (Å²) in [5, 5.41) is 0. The summed E-state index contributed by atoms with van der Waals surface area (Å²) >= 11 is 0. The summed E-state index contributed by atoms with van der Waals surface area (Å²) in [5.74, 6) is 0.925. The predicted molar refractivity (Wildman–Crippen MR) is 95.0 cm³/mol. The molecular weight excluding hydrogens is 338 g/mol. The minimum atomic E-state index is -3.18. The summed E-state index contributed by atoms with van der Waals surface area (Å²) in [5.41, 5.74) is 1.83. The lowest BCUT2D eigenvalue weighted by molar-refractivity contribution is -0.0494. The van der Waals surface area contributed by atoms with Crippen LogP contribution in [0.3, 0.4) is 0 Å². The summed E-state index contributed by atoms with van der Waals surface area (Å²) < 4.78 is 28.9. The van der Waals surface area contributed by atoms with Crippen molar-refractivity contribution in [3.05, 3.63) is 36.3 Å². The lowest BCUT2D eigenvalue weighted by Crippen LogP contribution is -2.48. The fourth-order valence-electron chi connectivity index (χ4n) is 3.54. The number of nitrogens with zero attached hydrogens (tertiary/aromatic N) is 2. The van der Waals surface area contributed by atoms with Gasteiger partial charge in [0.15, 0.2) is 9.84 Å². The van der Waals surface area contributed by atoms with E-state index in [0.717, 1.165) is 30.2 Å². The van der Waals surface area contributed by atoms with Gasteiger partial charge in [0, 0.05) is 18.8 Å². The minimum absolute atomic E-state index is 0.170. The molecule has 1 saturated heterocycles. The fourth-order valence-corrected chi connectivity index (χ4v) is 4.17. The first kappa shape index (κ1) is 16.8. The molecule has 1 aliphatic heterocycles. The van der Waals surface area contributed by atoms with Crippen molar-refractivity contribution in [1.82, 2.24) is 14.9 Å². The van der Waals surface area contributed by atoms with Crippen molar-refractivity contribution in [2.24, 2.45) is 0 Å². The SMILES string of the molecule is CS(=O)(=O)c1ccc(-c2cnc([C@@H]3COCCN3C3CCC3)[nH]2)cc1. The van der Waals surface area contributed by atoms with Gasteiger partial charge >= 0.3 is 0 Å². The van der Waals surface area contributed by atoms with Crippen LogP contribution in [-0.4, -0.2) is 55.3 Å². The molecule has 4 rings (SSSR count). The van der Waals surface area contributed by atoms with Crippen LogP contribution < -0.4 is 0 Å². The molecule has 1 aliphatic carbocycles. The smallest absolute Gasteiger partial charge is 0.175 e. The van der Waals surface area contributed by atoms with E-state index in [-0.39, 0.29) is 6.04 Å². The molecule has 0 bridgehead atoms. The van der Waals surface area contributed by atoms with Crippen LogP contribution in [-0.2, 0) is 14.6 Å². The monoisotopic (exact) mass is 361 g/mol. The number of benzene rings is 1. The van der Waals surface area contributed by atoms with E-state index >= 15 is 0 Å². The van der Waals surface area contributed by atoms with Gasteiger partial charge in [-0.15, -0.1) is 0 Å². The Hall–Kier alpha value is -1.70. The van der Waals surface area contributed by atoms with Gasteiger partial charge in [0.2, 0.25) is 0 Å². The van der Waals surface area contributed by atoms with E-state index in [2.05, 4.69) is 14.9 Å². The van der Waals surface area contributed by atoms with Gasteiger partial charge in [0.25, 0.3) is 0 Å². The molecule has 6 nitrogen and oxygen atoms in total. The van der Waals surface area contributed by atoms with E-state index in [9.17, 15) is 8.42 Å². The quantitative estimate of drug-likeness (QED) is 0.905. The Morgan fingerprint density at radius 3 is 2.64 bits per heavy atom. The van der Waals surface area contributed by atoms with Gasteiger partial charge < -0.3 is 9.72 Å². The molecule has 7 heteroatoms. The number of morpholine rings is 1. The molecule has 1 N–H and O–H groups in total. The molecule has 0 unspecified atom stereocenters. The molecule has 1 saturated carbocycles. The largest absolute Gasteiger partial charge is 0.378 e. The topological polar surface area (TPSA) is 75.3 Å². The molecule has 134 valence electrons. The van der Waals surface area contributed by atoms with E-state index in [1.54, 1.807) is 12.1 Å². The molecule has 2 aromatic rings. The Balaban J connectivity index is 1.57. The van der Waals surface area contributed by atoms with Crippen molar-refractivity contribution in [3.63, 3.8) is 0 Å². The fraction of sp³-hybridized carbons (Fsp3) is 0.500. The number of hydrogen-bond acceptors (Lipinski definition) is 5. The highest BCUT2D eigenvalue weighted by molar-refractivity contribution is 7.90. The second kappa shape index (κ2) is 6.55. The van der Waals surface area contributed by atoms with Crippen LogP contribution in [0.25, 0.3) is 11.3 Å². The molecule has 1 aromatic heterocycles. The van der Waals surface area contributed by atoms with Gasteiger partial charge in [-0.2, -0.15) is 0 Å². The van der Waals surface area contributed by atoms with Crippen molar-refractivity contribution >= 4 is 9.84 Å². The van der Waals surface area contributed by atoms with E-state index in [0.29, 0.717) is 17.5 Å². The van der Waals surface area contributed by atoms with Crippen molar-refractivity contribution in [2.75, 3.05) is 26.0 Å². The highest BCUT2D eigenvalue weighted by atomic mass is 32.2. The Labute approximate surface area is 148 Å². The van der Waals surface area contributed by atoms with Crippen molar-refractivity contribution < 1.29 is 13.2 Å². The Morgan fingerprint density at radius 1 is 1.24 bits per heavy atom. The molecule has 2 aliphatic rings. The number of imidazole rings is 1. The number of rotatable bonds is 4. The zero-order valence-corrected chi connectivity index (χ0v) is 15.1. The molecule has 1 atom stereocenters. The van der Waals surface area contributed by atoms with Gasteiger partial charge in [-0.25, -0.2) is 13.4 Å². The summed E-state index contributed by atoms with van der Waals surface area (Å²) in [7, 11) is -3.18. The van der Waals surface area contributed by atoms with E-state index in [4.69, 9.17) is 4.74 Å². The predicted octanol–water partition coefficient (Wildman–Crippen LogP) is 2.41. The maximum Gasteiger partial charge on any atom is 0.175 e. The number of aromatic amines is 1. The third kappa shape index (κ3) is 3.36. The number of aromatic nitrogens is 2. The number of hydrogen-bond donors (Lipinski definition) is 1. The number of H-pyrrole nitrogens is 1. The van der Waals surface area contributed by atoms with Crippen molar-refractivity contribution in [2.45, 2.75) is 36.2 Å². The lowest BCUT2D eigenvalue weighted by atomic mass is 9.90. The second-order valence-electron chi connectivity index (χ2n) is 6.89. The summed E-state index contributed by atoms with van der Waals surface area (Å²) in [6.45, 7) is 2.40. The average Bonchev–Trinajstić information content (AvgIpc) is 3.03. The van der Waals surface area contributed by atoms with Gasteiger partial charge in [-0.1, -0.05) is 18.6 Å². The molecule has 0 amide bonds. The summed E-state index contributed by atoms with van der Waals surface area (Å²) in [6.07, 6.45) is 6.87. The highest BCUT2D eigenvalue weighted by Crippen LogP contribution is 2.33. The van der Waals surface area contributed by atoms with Gasteiger partial charge in [0.05, 0.1) is 36.0 Å². The maximum absolute atomic E-state index is 11.6. The van der Waals surface area contributed by atoms with Crippen LogP contribution in [0.4, 0.5) is 0 Å². The normalized spacial score (nSPS) is 22.7. The molecular formula is C18H23N3O3S. The zero-order valence-electron chi connectivity index (χ0n) is 14.3. The van der Waals surface area contributed by atoms with Crippen LogP contribution in [0.5, 0.6) is 0 Å². The maximum atomic E-state index is 11.6. The average molecular weight is 361 g/mol. The van der Waals surface area contributed by atoms with Crippen molar-refractivity contribution in [3.8, 4) is 11.3 Å². The van der Waals surface area contributed by atoms with Crippen LogP contribution in [0, 0.1) is 0 Å². The number of ether oxygens (including phenoxy) is 1. The molecule has 2 heterocycles. The second-order valence-corrected chi connectivity index (χ2v) is 8.91. The first-order valence-electron chi connectivity index (χ1n) is 8.71. The first-order chi connectivity index (χ1) is 12.0. The van der Waals surface area contributed by atoms with E-state index in [1.165, 1.54) is 25.5 Å². The first-order valence-corrected chi connectivity index (χ1v) is 10.6. The van der Waals surface area contributed by atoms with Crippen molar-refractivity contribution in [1.29, 1.82) is 0 Å². The molecule has 2 fully saturated rings. The van der Waals surface area contributed by atoms with Gasteiger partial charge in [-0.3, -0.25) is 4.90 Å². The van der Waals surface area contributed by atoms with Crippen LogP contribution in [0.1, 0.15) is 31.1 Å².